The lowest BCUT2D eigenvalue weighted by Crippen LogP contribution is -2.41. The van der Waals surface area contributed by atoms with Gasteiger partial charge in [0.2, 0.25) is 5.43 Å². The molecule has 0 saturated heterocycles. The molecule has 1 N–H and O–H groups in total. The Bertz CT molecular complexity index is 664. The van der Waals surface area contributed by atoms with Gasteiger partial charge in [0, 0.05) is 37.4 Å². The van der Waals surface area contributed by atoms with Gasteiger partial charge < -0.3 is 9.67 Å². The first-order valence-electron chi connectivity index (χ1n) is 6.84. The smallest absolute Gasteiger partial charge is 0.223 e. The molecule has 0 saturated carbocycles. The molecule has 20 heavy (non-hydrogen) atoms. The fourth-order valence-electron chi connectivity index (χ4n) is 2.70. The van der Waals surface area contributed by atoms with Crippen LogP contribution in [0.1, 0.15) is 18.2 Å². The molecule has 0 aliphatic carbocycles. The molecule has 0 spiro atoms. The number of rotatable bonds is 2. The first kappa shape index (κ1) is 12.9. The van der Waals surface area contributed by atoms with Crippen LogP contribution in [-0.2, 0) is 19.6 Å². The lowest BCUT2D eigenvalue weighted by Gasteiger charge is -2.36. The van der Waals surface area contributed by atoms with E-state index in [0.29, 0.717) is 6.04 Å². The average molecular weight is 270 g/mol. The summed E-state index contributed by atoms with van der Waals surface area (Å²) in [5, 5.41) is 9.52. The first-order chi connectivity index (χ1) is 9.63. The zero-order valence-electron chi connectivity index (χ0n) is 11.5. The predicted molar refractivity (Wildman–Crippen MR) is 77.5 cm³/mol. The quantitative estimate of drug-likeness (QED) is 0.907. The summed E-state index contributed by atoms with van der Waals surface area (Å²) in [5.74, 6) is -0.169. The van der Waals surface area contributed by atoms with Crippen LogP contribution in [0.4, 0.5) is 0 Å². The lowest BCUT2D eigenvalue weighted by atomic mass is 10.1. The molecule has 0 radical (unpaired) electrons. The van der Waals surface area contributed by atoms with E-state index in [2.05, 4.69) is 24.0 Å². The van der Waals surface area contributed by atoms with Gasteiger partial charge >= 0.3 is 0 Å². The molecular formula is C16H18N2O2. The minimum atomic E-state index is -0.300. The van der Waals surface area contributed by atoms with Gasteiger partial charge in [0.05, 0.1) is 6.20 Å². The molecule has 1 aromatic carbocycles. The van der Waals surface area contributed by atoms with Crippen LogP contribution in [0.25, 0.3) is 0 Å². The van der Waals surface area contributed by atoms with E-state index < -0.39 is 0 Å². The van der Waals surface area contributed by atoms with E-state index in [-0.39, 0.29) is 11.2 Å². The van der Waals surface area contributed by atoms with Crippen molar-refractivity contribution in [2.24, 2.45) is 0 Å². The number of aromatic nitrogens is 1. The topological polar surface area (TPSA) is 45.5 Å². The van der Waals surface area contributed by atoms with Crippen molar-refractivity contribution in [2.45, 2.75) is 32.6 Å². The van der Waals surface area contributed by atoms with E-state index in [9.17, 15) is 9.90 Å². The minimum Gasteiger partial charge on any atom is -0.503 e. The summed E-state index contributed by atoms with van der Waals surface area (Å²) in [7, 11) is 0. The Morgan fingerprint density at radius 2 is 2.05 bits per heavy atom. The van der Waals surface area contributed by atoms with Gasteiger partial charge in [-0.05, 0) is 12.5 Å². The second-order valence-corrected chi connectivity index (χ2v) is 5.41. The average Bonchev–Trinajstić information content (AvgIpc) is 2.43. The van der Waals surface area contributed by atoms with E-state index in [4.69, 9.17) is 0 Å². The van der Waals surface area contributed by atoms with E-state index in [0.717, 1.165) is 25.3 Å². The van der Waals surface area contributed by atoms with Crippen LogP contribution in [0.3, 0.4) is 0 Å². The molecule has 0 bridgehead atoms. The summed E-state index contributed by atoms with van der Waals surface area (Å²) in [5.41, 5.74) is 1.93. The van der Waals surface area contributed by atoms with Gasteiger partial charge in [0.15, 0.2) is 5.75 Å². The van der Waals surface area contributed by atoms with Crippen molar-refractivity contribution in [3.05, 3.63) is 64.1 Å². The van der Waals surface area contributed by atoms with Crippen LogP contribution < -0.4 is 5.43 Å². The van der Waals surface area contributed by atoms with Gasteiger partial charge in [-0.1, -0.05) is 30.3 Å². The molecule has 104 valence electrons. The zero-order chi connectivity index (χ0) is 14.1. The van der Waals surface area contributed by atoms with Crippen LogP contribution in [0.5, 0.6) is 5.75 Å². The van der Waals surface area contributed by atoms with Crippen molar-refractivity contribution in [3.63, 3.8) is 0 Å². The Hall–Kier alpha value is -2.07. The highest BCUT2D eigenvalue weighted by atomic mass is 16.3. The lowest BCUT2D eigenvalue weighted by molar-refractivity contribution is 0.141. The van der Waals surface area contributed by atoms with E-state index in [1.807, 2.05) is 22.8 Å². The summed E-state index contributed by atoms with van der Waals surface area (Å²) in [6.45, 7) is 4.56. The highest BCUT2D eigenvalue weighted by molar-refractivity contribution is 5.22. The van der Waals surface area contributed by atoms with Crippen molar-refractivity contribution in [2.75, 3.05) is 0 Å². The molecule has 0 amide bonds. The third kappa shape index (κ3) is 2.47. The van der Waals surface area contributed by atoms with Crippen molar-refractivity contribution in [1.29, 1.82) is 0 Å². The minimum absolute atomic E-state index is 0.169. The Labute approximate surface area is 117 Å². The van der Waals surface area contributed by atoms with Crippen molar-refractivity contribution in [1.82, 2.24) is 9.47 Å². The van der Waals surface area contributed by atoms with E-state index in [1.165, 1.54) is 5.56 Å². The summed E-state index contributed by atoms with van der Waals surface area (Å²) < 4.78 is 1.98. The summed E-state index contributed by atoms with van der Waals surface area (Å²) >= 11 is 0. The molecule has 1 aliphatic heterocycles. The highest BCUT2D eigenvalue weighted by Gasteiger charge is 2.22. The molecule has 3 rings (SSSR count). The maximum Gasteiger partial charge on any atom is 0.223 e. The Morgan fingerprint density at radius 1 is 1.30 bits per heavy atom. The van der Waals surface area contributed by atoms with E-state index in [1.54, 1.807) is 12.3 Å². The monoisotopic (exact) mass is 270 g/mol. The molecule has 2 heterocycles. The fraction of sp³-hybridized carbons (Fsp3) is 0.312. The van der Waals surface area contributed by atoms with Crippen LogP contribution in [0, 0.1) is 0 Å². The van der Waals surface area contributed by atoms with Crippen LogP contribution in [0.15, 0.2) is 47.4 Å². The van der Waals surface area contributed by atoms with Crippen molar-refractivity contribution < 1.29 is 5.11 Å². The molecule has 2 aromatic rings. The number of fused-ring (bicyclic) bond motifs is 1. The molecule has 1 aliphatic rings. The third-order valence-corrected chi connectivity index (χ3v) is 3.88. The van der Waals surface area contributed by atoms with Crippen molar-refractivity contribution >= 4 is 0 Å². The zero-order valence-corrected chi connectivity index (χ0v) is 11.5. The Kier molecular flexibility index (Phi) is 3.32. The molecule has 4 heteroatoms. The summed E-state index contributed by atoms with van der Waals surface area (Å²) in [4.78, 5) is 13.9. The largest absolute Gasteiger partial charge is 0.503 e. The normalized spacial score (nSPS) is 18.8. The Morgan fingerprint density at radius 3 is 2.80 bits per heavy atom. The van der Waals surface area contributed by atoms with Gasteiger partial charge in [-0.15, -0.1) is 0 Å². The number of pyridine rings is 1. The molecule has 4 nitrogen and oxygen atoms in total. The highest BCUT2D eigenvalue weighted by Crippen LogP contribution is 2.20. The summed E-state index contributed by atoms with van der Waals surface area (Å²) in [6, 6.07) is 12.2. The maximum atomic E-state index is 11.6. The van der Waals surface area contributed by atoms with E-state index >= 15 is 0 Å². The van der Waals surface area contributed by atoms with Crippen molar-refractivity contribution in [3.8, 4) is 5.75 Å². The van der Waals surface area contributed by atoms with Crippen LogP contribution in [0.2, 0.25) is 0 Å². The Balaban J connectivity index is 1.85. The molecule has 0 unspecified atom stereocenters. The summed E-state index contributed by atoms with van der Waals surface area (Å²) in [6.07, 6.45) is 1.55. The maximum absolute atomic E-state index is 11.6. The standard InChI is InChI=1S/C16H18N2O2/c1-12-8-18-11-16(20)15(19)7-14(18)10-17(12)9-13-5-3-2-4-6-13/h2-7,11-12,20H,8-10H2,1H3/t12-/m1/s1. The van der Waals surface area contributed by atoms with Gasteiger partial charge in [-0.2, -0.15) is 0 Å². The number of benzene rings is 1. The second-order valence-electron chi connectivity index (χ2n) is 5.41. The predicted octanol–water partition coefficient (Wildman–Crippen LogP) is 1.96. The van der Waals surface area contributed by atoms with Crippen LogP contribution >= 0.6 is 0 Å². The molecule has 1 atom stereocenters. The number of aromatic hydroxyl groups is 1. The number of hydrogen-bond donors (Lipinski definition) is 1. The number of nitrogens with zero attached hydrogens (tertiary/aromatic N) is 2. The molecular weight excluding hydrogens is 252 g/mol. The fourth-order valence-corrected chi connectivity index (χ4v) is 2.70. The first-order valence-corrected chi connectivity index (χ1v) is 6.84. The van der Waals surface area contributed by atoms with Gasteiger partial charge in [0.1, 0.15) is 0 Å². The SMILES string of the molecule is C[C@@H]1Cn2cc(O)c(=O)cc2CN1Cc1ccccc1. The molecule has 0 fully saturated rings. The third-order valence-electron chi connectivity index (χ3n) is 3.88. The molecule has 1 aromatic heterocycles. The van der Waals surface area contributed by atoms with Gasteiger partial charge in [-0.3, -0.25) is 9.69 Å². The van der Waals surface area contributed by atoms with Gasteiger partial charge in [-0.25, -0.2) is 0 Å². The van der Waals surface area contributed by atoms with Crippen LogP contribution in [-0.4, -0.2) is 20.6 Å². The number of hydrogen-bond acceptors (Lipinski definition) is 3. The van der Waals surface area contributed by atoms with Gasteiger partial charge in [0.25, 0.3) is 0 Å². The second kappa shape index (κ2) is 5.13.